The van der Waals surface area contributed by atoms with Crippen molar-refractivity contribution in [2.75, 3.05) is 52.8 Å². The lowest BCUT2D eigenvalue weighted by molar-refractivity contribution is -0.119. The zero-order valence-corrected chi connectivity index (χ0v) is 25.2. The van der Waals surface area contributed by atoms with Crippen LogP contribution in [-0.4, -0.2) is 71.3 Å². The van der Waals surface area contributed by atoms with Gasteiger partial charge >= 0.3 is 0 Å². The van der Waals surface area contributed by atoms with Gasteiger partial charge in [-0.2, -0.15) is 0 Å². The molecule has 0 saturated carbocycles. The molecule has 1 heterocycles. The van der Waals surface area contributed by atoms with E-state index in [0.717, 1.165) is 49.6 Å². The Balaban J connectivity index is 1.46. The van der Waals surface area contributed by atoms with Crippen molar-refractivity contribution in [2.24, 2.45) is 5.92 Å². The molecule has 1 fully saturated rings. The zero-order valence-electron chi connectivity index (χ0n) is 23.6. The number of ether oxygens (including phenoxy) is 1. The van der Waals surface area contributed by atoms with E-state index in [1.807, 2.05) is 14.1 Å². The molecule has 2 aromatic rings. The molecule has 0 N–H and O–H groups in total. The Morgan fingerprint density at radius 1 is 1.05 bits per heavy atom. The van der Waals surface area contributed by atoms with E-state index in [1.54, 1.807) is 40.1 Å². The van der Waals surface area contributed by atoms with Gasteiger partial charge in [0.2, 0.25) is 10.0 Å². The third-order valence-electron chi connectivity index (χ3n) is 7.34. The fourth-order valence-electron chi connectivity index (χ4n) is 5.22. The Hall–Kier alpha value is -2.13. The molecule has 1 aliphatic rings. The van der Waals surface area contributed by atoms with Crippen molar-refractivity contribution in [1.82, 2.24) is 9.21 Å². The average molecular weight is 564 g/mol. The SMILES string of the molecule is COc1cc(C)c(S(=O)(=O)N(C)CCC(=O)CCC2CCN(c3ccc(CN(C)C)cc3Cl)CC2)c(C)c1. The summed E-state index contributed by atoms with van der Waals surface area (Å²) in [4.78, 5) is 17.4. The number of Topliss-reactive ketones (excluding diaryl/α,β-unsaturated/α-hetero) is 1. The van der Waals surface area contributed by atoms with Crippen molar-refractivity contribution in [2.45, 2.75) is 57.4 Å². The van der Waals surface area contributed by atoms with E-state index in [4.69, 9.17) is 16.3 Å². The Bertz CT molecular complexity index is 1200. The summed E-state index contributed by atoms with van der Waals surface area (Å²) in [6.07, 6.45) is 3.59. The fraction of sp³-hybridized carbons (Fsp3) is 0.552. The molecule has 3 rings (SSSR count). The van der Waals surface area contributed by atoms with Crippen LogP contribution in [-0.2, 0) is 21.4 Å². The normalized spacial score (nSPS) is 14.9. The maximum absolute atomic E-state index is 13.2. The number of halogens is 1. The lowest BCUT2D eigenvalue weighted by Gasteiger charge is -2.34. The van der Waals surface area contributed by atoms with E-state index in [-0.39, 0.29) is 23.6 Å². The first kappa shape index (κ1) is 30.4. The number of hydrogen-bond donors (Lipinski definition) is 0. The minimum absolute atomic E-state index is 0.108. The smallest absolute Gasteiger partial charge is 0.243 e. The molecule has 7 nitrogen and oxygen atoms in total. The number of carbonyl (C=O) groups is 1. The number of nitrogens with zero attached hydrogens (tertiary/aromatic N) is 3. The highest BCUT2D eigenvalue weighted by atomic mass is 35.5. The second kappa shape index (κ2) is 13.3. The van der Waals surface area contributed by atoms with E-state index >= 15 is 0 Å². The largest absolute Gasteiger partial charge is 0.497 e. The molecule has 0 unspecified atom stereocenters. The van der Waals surface area contributed by atoms with Gasteiger partial charge in [0.05, 0.1) is 22.7 Å². The van der Waals surface area contributed by atoms with E-state index in [0.29, 0.717) is 29.2 Å². The van der Waals surface area contributed by atoms with E-state index < -0.39 is 10.0 Å². The van der Waals surface area contributed by atoms with Crippen molar-refractivity contribution >= 4 is 33.1 Å². The average Bonchev–Trinajstić information content (AvgIpc) is 2.85. The van der Waals surface area contributed by atoms with E-state index in [1.165, 1.54) is 9.87 Å². The Labute approximate surface area is 233 Å². The Morgan fingerprint density at radius 3 is 2.24 bits per heavy atom. The van der Waals surface area contributed by atoms with Crippen molar-refractivity contribution in [1.29, 1.82) is 0 Å². The predicted molar refractivity (Wildman–Crippen MR) is 155 cm³/mol. The molecule has 0 radical (unpaired) electrons. The number of hydrogen-bond acceptors (Lipinski definition) is 6. The molecule has 9 heteroatoms. The topological polar surface area (TPSA) is 70.2 Å². The van der Waals surface area contributed by atoms with Crippen LogP contribution in [0.15, 0.2) is 35.2 Å². The van der Waals surface area contributed by atoms with Crippen LogP contribution >= 0.6 is 11.6 Å². The van der Waals surface area contributed by atoms with Crippen LogP contribution < -0.4 is 9.64 Å². The molecule has 38 heavy (non-hydrogen) atoms. The molecule has 2 aromatic carbocycles. The van der Waals surface area contributed by atoms with Gasteiger partial charge in [0, 0.05) is 46.1 Å². The highest BCUT2D eigenvalue weighted by Crippen LogP contribution is 2.32. The van der Waals surface area contributed by atoms with Crippen LogP contribution in [0.4, 0.5) is 5.69 Å². The van der Waals surface area contributed by atoms with Crippen LogP contribution in [0, 0.1) is 19.8 Å². The van der Waals surface area contributed by atoms with Crippen LogP contribution in [0.25, 0.3) is 0 Å². The van der Waals surface area contributed by atoms with Gasteiger partial charge in [-0.05, 0) is 94.1 Å². The summed E-state index contributed by atoms with van der Waals surface area (Å²) >= 11 is 6.59. The minimum atomic E-state index is -3.69. The second-order valence-corrected chi connectivity index (χ2v) is 13.1. The molecule has 210 valence electrons. The third-order valence-corrected chi connectivity index (χ3v) is 9.81. The second-order valence-electron chi connectivity index (χ2n) is 10.7. The van der Waals surface area contributed by atoms with E-state index in [9.17, 15) is 13.2 Å². The lowest BCUT2D eigenvalue weighted by atomic mass is 9.90. The van der Waals surface area contributed by atoms with Gasteiger partial charge in [0.1, 0.15) is 11.5 Å². The molecular weight excluding hydrogens is 522 g/mol. The summed E-state index contributed by atoms with van der Waals surface area (Å²) in [7, 11) is 3.49. The molecule has 0 bridgehead atoms. The minimum Gasteiger partial charge on any atom is -0.497 e. The van der Waals surface area contributed by atoms with Gasteiger partial charge in [0.25, 0.3) is 0 Å². The van der Waals surface area contributed by atoms with Gasteiger partial charge in [0.15, 0.2) is 0 Å². The summed E-state index contributed by atoms with van der Waals surface area (Å²) in [5.41, 5.74) is 3.55. The maximum atomic E-state index is 13.2. The monoisotopic (exact) mass is 563 g/mol. The molecule has 0 aromatic heterocycles. The number of piperidine rings is 1. The first-order chi connectivity index (χ1) is 17.9. The highest BCUT2D eigenvalue weighted by Gasteiger charge is 2.26. The van der Waals surface area contributed by atoms with Crippen LogP contribution in [0.2, 0.25) is 5.02 Å². The first-order valence-electron chi connectivity index (χ1n) is 13.2. The number of methoxy groups -OCH3 is 1. The molecular formula is C29H42ClN3O4S. The van der Waals surface area contributed by atoms with Gasteiger partial charge in [-0.15, -0.1) is 0 Å². The number of sulfonamides is 1. The standard InChI is InChI=1S/C29H42ClN3O4S/c1-21-17-26(37-6)18-22(2)29(21)38(35,36)32(5)14-13-25(34)9-7-23-11-15-33(16-12-23)28-10-8-24(19-27(28)30)20-31(3)4/h8,10,17-19,23H,7,9,11-16,20H2,1-6H3. The molecule has 0 amide bonds. The van der Waals surface area contributed by atoms with Gasteiger partial charge in [-0.1, -0.05) is 17.7 Å². The van der Waals surface area contributed by atoms with Gasteiger partial charge in [-0.25, -0.2) is 12.7 Å². The van der Waals surface area contributed by atoms with E-state index in [2.05, 4.69) is 28.0 Å². The quantitative estimate of drug-likeness (QED) is 0.349. The Morgan fingerprint density at radius 2 is 1.68 bits per heavy atom. The van der Waals surface area contributed by atoms with Crippen molar-refractivity contribution < 1.29 is 17.9 Å². The van der Waals surface area contributed by atoms with Crippen LogP contribution in [0.5, 0.6) is 5.75 Å². The van der Waals surface area contributed by atoms with Gasteiger partial charge in [-0.3, -0.25) is 4.79 Å². The number of anilines is 1. The predicted octanol–water partition coefficient (Wildman–Crippen LogP) is 5.30. The zero-order chi connectivity index (χ0) is 28.0. The molecule has 1 saturated heterocycles. The number of aryl methyl sites for hydroxylation is 2. The van der Waals surface area contributed by atoms with Gasteiger partial charge < -0.3 is 14.5 Å². The molecule has 0 aliphatic carbocycles. The fourth-order valence-corrected chi connectivity index (χ4v) is 7.11. The van der Waals surface area contributed by atoms with Crippen molar-refractivity contribution in [3.63, 3.8) is 0 Å². The highest BCUT2D eigenvalue weighted by molar-refractivity contribution is 7.89. The summed E-state index contributed by atoms with van der Waals surface area (Å²) in [5, 5.41) is 0.789. The molecule has 0 spiro atoms. The summed E-state index contributed by atoms with van der Waals surface area (Å²) in [6, 6.07) is 9.75. The third kappa shape index (κ3) is 7.72. The summed E-state index contributed by atoms with van der Waals surface area (Å²) in [6.45, 7) is 6.41. The lowest BCUT2D eigenvalue weighted by Crippen LogP contribution is -2.34. The summed E-state index contributed by atoms with van der Waals surface area (Å²) < 4.78 is 32.9. The van der Waals surface area contributed by atoms with Crippen molar-refractivity contribution in [3.05, 3.63) is 52.0 Å². The number of carbonyl (C=O) groups excluding carboxylic acids is 1. The van der Waals surface area contributed by atoms with Crippen LogP contribution in [0.1, 0.15) is 48.8 Å². The molecule has 1 aliphatic heterocycles. The number of benzene rings is 2. The summed E-state index contributed by atoms with van der Waals surface area (Å²) in [5.74, 6) is 1.23. The maximum Gasteiger partial charge on any atom is 0.243 e. The van der Waals surface area contributed by atoms with Crippen LogP contribution in [0.3, 0.4) is 0 Å². The number of rotatable bonds is 12. The number of ketones is 1. The molecule has 0 atom stereocenters. The van der Waals surface area contributed by atoms with Crippen molar-refractivity contribution in [3.8, 4) is 5.75 Å². The first-order valence-corrected chi connectivity index (χ1v) is 15.1. The Kier molecular flexibility index (Phi) is 10.6.